The van der Waals surface area contributed by atoms with Gasteiger partial charge in [0.25, 0.3) is 6.71 Å². The van der Waals surface area contributed by atoms with Gasteiger partial charge in [-0.1, -0.05) is 126 Å². The van der Waals surface area contributed by atoms with Crippen molar-refractivity contribution >= 4 is 78.2 Å². The fraction of sp³-hybridized carbons (Fsp3) is 0.412. The summed E-state index contributed by atoms with van der Waals surface area (Å²) in [6.07, 6.45) is 1.43. The summed E-state index contributed by atoms with van der Waals surface area (Å²) >= 11 is 1.13. The van der Waals surface area contributed by atoms with Gasteiger partial charge in [-0.05, 0) is 122 Å². The minimum absolute atomic E-state index is 0.00713. The van der Waals surface area contributed by atoms with E-state index in [1.165, 1.54) is 4.90 Å². The summed E-state index contributed by atoms with van der Waals surface area (Å²) in [5, 5.41) is 0.268. The molecule has 0 amide bonds. The van der Waals surface area contributed by atoms with Crippen LogP contribution in [-0.2, 0) is 27.1 Å². The van der Waals surface area contributed by atoms with Crippen LogP contribution in [0.2, 0.25) is 0 Å². The van der Waals surface area contributed by atoms with Crippen LogP contribution in [0.1, 0.15) is 154 Å². The van der Waals surface area contributed by atoms with E-state index in [-0.39, 0.29) is 139 Å². The van der Waals surface area contributed by atoms with Crippen LogP contribution in [-0.4, -0.2) is 16.7 Å². The van der Waals surface area contributed by atoms with Gasteiger partial charge in [-0.15, -0.1) is 11.3 Å². The van der Waals surface area contributed by atoms with Crippen LogP contribution in [0, 0.1) is 6.92 Å². The fourth-order valence-corrected chi connectivity index (χ4v) is 9.50. The Morgan fingerprint density at radius 3 is 1.81 bits per heavy atom. The predicted molar refractivity (Wildman–Crippen MR) is 248 cm³/mol. The zero-order valence-electron chi connectivity index (χ0n) is 48.7. The van der Waals surface area contributed by atoms with E-state index < -0.39 is 45.9 Å². The molecule has 6 heteroatoms. The summed E-state index contributed by atoms with van der Waals surface area (Å²) in [5.41, 5.74) is -1.21. The third kappa shape index (κ3) is 5.98. The molecule has 6 aromatic rings. The largest absolute Gasteiger partial charge is 0.296 e. The number of aryl methyl sites for hydroxylation is 1. The lowest BCUT2D eigenvalue weighted by Crippen LogP contribution is -2.61. The van der Waals surface area contributed by atoms with Crippen molar-refractivity contribution in [3.05, 3.63) is 112 Å². The number of hydrogen-bond donors (Lipinski definition) is 0. The highest BCUT2D eigenvalue weighted by molar-refractivity contribution is 7.33. The van der Waals surface area contributed by atoms with Gasteiger partial charge < -0.3 is 0 Å². The monoisotopic (exact) mass is 784 g/mol. The second kappa shape index (κ2) is 12.3. The Bertz CT molecular complexity index is 3330. The molecule has 0 fully saturated rings. The van der Waals surface area contributed by atoms with Crippen LogP contribution in [0.3, 0.4) is 0 Å². The van der Waals surface area contributed by atoms with Crippen molar-refractivity contribution in [2.24, 2.45) is 0 Å². The maximum absolute atomic E-state index is 10.3. The molecule has 0 saturated heterocycles. The van der Waals surface area contributed by atoms with E-state index in [0.717, 1.165) is 17.8 Å². The summed E-state index contributed by atoms with van der Waals surface area (Å²) in [5.74, 6) is 0.290. The minimum Gasteiger partial charge on any atom is -0.296 e. The Labute approximate surface area is 364 Å². The highest BCUT2D eigenvalue weighted by atomic mass is 32.1. The number of hydrogen-bond acceptors (Lipinski definition) is 5. The number of aromatic nitrogens is 2. The van der Waals surface area contributed by atoms with Gasteiger partial charge in [-0.3, -0.25) is 9.80 Å². The molecular weight excluding hydrogens is 711 g/mol. The zero-order chi connectivity index (χ0) is 52.1. The van der Waals surface area contributed by atoms with Crippen LogP contribution in [0.4, 0.5) is 34.4 Å². The lowest BCUT2D eigenvalue weighted by atomic mass is 9.36. The Morgan fingerprint density at radius 2 is 1.18 bits per heavy atom. The van der Waals surface area contributed by atoms with E-state index in [0.29, 0.717) is 27.9 Å². The first kappa shape index (κ1) is 25.8. The van der Waals surface area contributed by atoms with Crippen molar-refractivity contribution in [1.82, 2.24) is 9.97 Å². The first-order chi connectivity index (χ1) is 32.0. The molecule has 0 bridgehead atoms. The molecule has 57 heavy (non-hydrogen) atoms. The second-order valence-corrected chi connectivity index (χ2v) is 21.5. The number of thiophene rings is 1. The first-order valence-electron chi connectivity index (χ1n) is 26.5. The van der Waals surface area contributed by atoms with E-state index in [4.69, 9.17) is 9.97 Å². The van der Waals surface area contributed by atoms with Crippen molar-refractivity contribution in [3.63, 3.8) is 0 Å². The molecular formula is C51H59BN4S. The maximum atomic E-state index is 10.3. The van der Waals surface area contributed by atoms with Crippen LogP contribution >= 0.6 is 11.3 Å². The van der Waals surface area contributed by atoms with Gasteiger partial charge in [0.05, 0.1) is 23.5 Å². The average Bonchev–Trinajstić information content (AvgIpc) is 3.62. The first-order valence-corrected chi connectivity index (χ1v) is 20.8. The van der Waals surface area contributed by atoms with Crippen molar-refractivity contribution in [1.29, 1.82) is 0 Å². The topological polar surface area (TPSA) is 32.3 Å². The molecule has 1 aliphatic carbocycles. The molecule has 292 valence electrons. The molecule has 2 aliphatic heterocycles. The Kier molecular flexibility index (Phi) is 5.58. The molecule has 0 saturated carbocycles. The lowest BCUT2D eigenvalue weighted by Gasteiger charge is -2.44. The quantitative estimate of drug-likeness (QED) is 0.163. The van der Waals surface area contributed by atoms with E-state index in [2.05, 4.69) is 0 Å². The third-order valence-corrected chi connectivity index (χ3v) is 13.0. The van der Waals surface area contributed by atoms with Gasteiger partial charge in [0.15, 0.2) is 0 Å². The van der Waals surface area contributed by atoms with Gasteiger partial charge in [-0.25, -0.2) is 9.97 Å². The summed E-state index contributed by atoms with van der Waals surface area (Å²) in [4.78, 5) is 13.2. The molecule has 0 atom stereocenters. The van der Waals surface area contributed by atoms with Crippen LogP contribution in [0.15, 0.2) is 78.6 Å². The number of anilines is 6. The highest BCUT2D eigenvalue weighted by Crippen LogP contribution is 2.51. The molecule has 2 aromatic heterocycles. The minimum atomic E-state index is -1.08. The lowest BCUT2D eigenvalue weighted by molar-refractivity contribution is 0.332. The molecule has 0 radical (unpaired) electrons. The molecule has 4 nitrogen and oxygen atoms in total. The van der Waals surface area contributed by atoms with Crippen molar-refractivity contribution < 1.29 is 17.8 Å². The average molecular weight is 784 g/mol. The SMILES string of the molecule is [2H]c1c([2H])c(C(C)(C)C)c([2H])c([2H])c1N1c2nc(C)nc3c2B(c2sc4c([2H])c([2H])c(C(C)(C)C)c([2H])c4c2N3c2c([2H])c([2H])c3c(c2[2H])C(C)(C)CCC3(C)C)c2c([2H])c(C(C)(C)C)c([2H])c([2H])c21. The summed E-state index contributed by atoms with van der Waals surface area (Å²) in [7, 11) is 0. The zero-order valence-corrected chi connectivity index (χ0v) is 36.5. The van der Waals surface area contributed by atoms with Crippen LogP contribution < -0.4 is 25.5 Å². The molecule has 4 heterocycles. The predicted octanol–water partition coefficient (Wildman–Crippen LogP) is 12.3. The van der Waals surface area contributed by atoms with Crippen molar-refractivity contribution in [2.45, 2.75) is 137 Å². The third-order valence-electron chi connectivity index (χ3n) is 11.8. The standard InChI is InChI=1S/C51H59BN4S/c1-30-53-45-42-46(54-30)56(35-21-22-37-38(29-35)51(13,14)26-25-50(37,11)12)43-36-27-32(48(5,6)7)18-24-41(36)57-44(43)52(42)39-28-33(49(8,9)10)17-23-40(39)55(45)34-19-15-31(16-20-34)47(2,3)4/h15-24,27-29H,25-26H2,1-14H3/i15D,16D,17D,18D,19D,20D,21D,22D,23D,24D,27D,28D,29D. The van der Waals surface area contributed by atoms with Gasteiger partial charge in [-0.2, -0.15) is 0 Å². The normalized spacial score (nSPS) is 20.2. The van der Waals surface area contributed by atoms with E-state index in [9.17, 15) is 17.8 Å². The van der Waals surface area contributed by atoms with Gasteiger partial charge in [0.2, 0.25) is 0 Å². The summed E-state index contributed by atoms with van der Waals surface area (Å²) < 4.78 is 128. The number of rotatable bonds is 2. The van der Waals surface area contributed by atoms with Gasteiger partial charge in [0.1, 0.15) is 17.5 Å². The molecule has 4 aromatic carbocycles. The number of benzene rings is 4. The Hall–Kier alpha value is -4.42. The Balaban J connectivity index is 1.57. The van der Waals surface area contributed by atoms with Crippen LogP contribution in [0.25, 0.3) is 10.1 Å². The van der Waals surface area contributed by atoms with Gasteiger partial charge >= 0.3 is 0 Å². The second-order valence-electron chi connectivity index (χ2n) is 20.4. The number of fused-ring (bicyclic) bond motifs is 7. The van der Waals surface area contributed by atoms with Gasteiger partial charge in [0, 0.05) is 37.4 Å². The van der Waals surface area contributed by atoms with Crippen molar-refractivity contribution in [2.75, 3.05) is 9.80 Å². The molecule has 0 unspecified atom stereocenters. The highest BCUT2D eigenvalue weighted by Gasteiger charge is 2.48. The summed E-state index contributed by atoms with van der Waals surface area (Å²) in [6, 6.07) is -2.81. The molecule has 3 aliphatic rings. The van der Waals surface area contributed by atoms with E-state index in [1.54, 1.807) is 32.6 Å². The molecule has 0 spiro atoms. The van der Waals surface area contributed by atoms with Crippen molar-refractivity contribution in [3.8, 4) is 0 Å². The van der Waals surface area contributed by atoms with E-state index in [1.807, 2.05) is 69.2 Å². The molecule has 9 rings (SSSR count). The smallest absolute Gasteiger partial charge is 0.268 e. The summed E-state index contributed by atoms with van der Waals surface area (Å²) in [6.45, 7) is 25.3. The fourth-order valence-electron chi connectivity index (χ4n) is 8.28. The van der Waals surface area contributed by atoms with E-state index >= 15 is 0 Å². The molecule has 0 N–H and O–H groups in total. The number of nitrogens with zero attached hydrogens (tertiary/aromatic N) is 4. The van der Waals surface area contributed by atoms with Crippen LogP contribution in [0.5, 0.6) is 0 Å². The Morgan fingerprint density at radius 1 is 0.632 bits per heavy atom. The maximum Gasteiger partial charge on any atom is 0.268 e.